The molecule has 0 saturated carbocycles. The van der Waals surface area contributed by atoms with Crippen molar-refractivity contribution in [3.63, 3.8) is 0 Å². The molecule has 0 aliphatic carbocycles. The number of aromatic nitrogens is 2. The van der Waals surface area contributed by atoms with Gasteiger partial charge in [-0.05, 0) is 19.1 Å². The Kier molecular flexibility index (Phi) is 3.75. The first kappa shape index (κ1) is 14.1. The molecule has 8 heteroatoms. The van der Waals surface area contributed by atoms with Gasteiger partial charge in [-0.3, -0.25) is 0 Å². The Balaban J connectivity index is 2.38. The lowest BCUT2D eigenvalue weighted by Gasteiger charge is -2.13. The van der Waals surface area contributed by atoms with E-state index in [2.05, 4.69) is 15.4 Å². The summed E-state index contributed by atoms with van der Waals surface area (Å²) < 4.78 is 43.7. The lowest BCUT2D eigenvalue weighted by molar-refractivity contribution is -0.138. The van der Waals surface area contributed by atoms with E-state index in [4.69, 9.17) is 10.6 Å². The Labute approximate surface area is 112 Å². The molecule has 0 radical (unpaired) electrons. The van der Waals surface area contributed by atoms with Crippen LogP contribution in [0.2, 0.25) is 0 Å². The quantitative estimate of drug-likeness (QED) is 0.669. The first-order valence-corrected chi connectivity index (χ1v) is 5.56. The van der Waals surface area contributed by atoms with Crippen LogP contribution in [0.25, 0.3) is 0 Å². The van der Waals surface area contributed by atoms with E-state index in [-0.39, 0.29) is 17.4 Å². The van der Waals surface area contributed by atoms with Crippen molar-refractivity contribution in [3.8, 4) is 11.6 Å². The van der Waals surface area contributed by atoms with Gasteiger partial charge in [-0.15, -0.1) is 0 Å². The molecule has 20 heavy (non-hydrogen) atoms. The Bertz CT molecular complexity index is 616. The van der Waals surface area contributed by atoms with Crippen LogP contribution in [-0.2, 0) is 6.18 Å². The van der Waals surface area contributed by atoms with Gasteiger partial charge in [0.2, 0.25) is 5.88 Å². The predicted octanol–water partition coefficient (Wildman–Crippen LogP) is 2.88. The van der Waals surface area contributed by atoms with Crippen molar-refractivity contribution in [3.05, 3.63) is 41.7 Å². The first-order valence-electron chi connectivity index (χ1n) is 5.56. The molecule has 0 spiro atoms. The van der Waals surface area contributed by atoms with E-state index >= 15 is 0 Å². The van der Waals surface area contributed by atoms with Crippen molar-refractivity contribution in [1.29, 1.82) is 0 Å². The number of hydrazine groups is 1. The monoisotopic (exact) mass is 284 g/mol. The Hall–Kier alpha value is -2.35. The van der Waals surface area contributed by atoms with Crippen molar-refractivity contribution < 1.29 is 17.9 Å². The number of para-hydroxylation sites is 1. The SMILES string of the molecule is Cc1nc(NN)cc(Oc2ccccc2C(F)(F)F)n1. The van der Waals surface area contributed by atoms with Gasteiger partial charge in [-0.1, -0.05) is 12.1 Å². The summed E-state index contributed by atoms with van der Waals surface area (Å²) in [4.78, 5) is 7.82. The van der Waals surface area contributed by atoms with Crippen LogP contribution in [0.5, 0.6) is 11.6 Å². The number of nitrogens with zero attached hydrogens (tertiary/aromatic N) is 2. The number of rotatable bonds is 3. The average Bonchev–Trinajstić information content (AvgIpc) is 2.37. The number of hydrogen-bond donors (Lipinski definition) is 2. The molecule has 1 aromatic carbocycles. The van der Waals surface area contributed by atoms with Gasteiger partial charge in [0.05, 0.1) is 5.56 Å². The minimum Gasteiger partial charge on any atom is -0.438 e. The predicted molar refractivity (Wildman–Crippen MR) is 66.1 cm³/mol. The van der Waals surface area contributed by atoms with Crippen LogP contribution in [0.4, 0.5) is 19.0 Å². The molecule has 106 valence electrons. The summed E-state index contributed by atoms with van der Waals surface area (Å²) >= 11 is 0. The van der Waals surface area contributed by atoms with E-state index in [9.17, 15) is 13.2 Å². The Morgan fingerprint density at radius 3 is 2.55 bits per heavy atom. The maximum absolute atomic E-state index is 12.8. The van der Waals surface area contributed by atoms with Gasteiger partial charge in [0.25, 0.3) is 0 Å². The summed E-state index contributed by atoms with van der Waals surface area (Å²) in [6.07, 6.45) is -4.51. The number of hydrogen-bond acceptors (Lipinski definition) is 5. The molecule has 5 nitrogen and oxygen atoms in total. The van der Waals surface area contributed by atoms with E-state index in [1.807, 2.05) is 0 Å². The van der Waals surface area contributed by atoms with E-state index in [0.29, 0.717) is 5.82 Å². The molecule has 0 aliphatic rings. The van der Waals surface area contributed by atoms with Crippen LogP contribution < -0.4 is 16.0 Å². The maximum atomic E-state index is 12.8. The molecule has 3 N–H and O–H groups in total. The van der Waals surface area contributed by atoms with Gasteiger partial charge in [-0.2, -0.15) is 18.2 Å². The topological polar surface area (TPSA) is 73.1 Å². The van der Waals surface area contributed by atoms with Crippen LogP contribution >= 0.6 is 0 Å². The number of nitrogens with two attached hydrogens (primary N) is 1. The standard InChI is InChI=1S/C12H11F3N4O/c1-7-17-10(19-16)6-11(18-7)20-9-5-3-2-4-8(9)12(13,14)15/h2-6H,16H2,1H3,(H,17,18,19). The summed E-state index contributed by atoms with van der Waals surface area (Å²) in [6.45, 7) is 1.57. The van der Waals surface area contributed by atoms with Gasteiger partial charge in [0, 0.05) is 6.07 Å². The number of halogens is 3. The highest BCUT2D eigenvalue weighted by Crippen LogP contribution is 2.37. The minimum atomic E-state index is -4.51. The molecule has 0 aliphatic heterocycles. The third kappa shape index (κ3) is 3.15. The highest BCUT2D eigenvalue weighted by atomic mass is 19.4. The Morgan fingerprint density at radius 1 is 1.20 bits per heavy atom. The third-order valence-electron chi connectivity index (χ3n) is 2.37. The number of anilines is 1. The van der Waals surface area contributed by atoms with Gasteiger partial charge < -0.3 is 10.2 Å². The molecule has 0 unspecified atom stereocenters. The zero-order chi connectivity index (χ0) is 14.8. The van der Waals surface area contributed by atoms with Gasteiger partial charge in [0.15, 0.2) is 0 Å². The fourth-order valence-electron chi connectivity index (χ4n) is 1.57. The van der Waals surface area contributed by atoms with E-state index < -0.39 is 11.7 Å². The fraction of sp³-hybridized carbons (Fsp3) is 0.167. The summed E-state index contributed by atoms with van der Waals surface area (Å²) in [7, 11) is 0. The van der Waals surface area contributed by atoms with Crippen molar-refractivity contribution >= 4 is 5.82 Å². The number of ether oxygens (including phenoxy) is 1. The number of nitrogen functional groups attached to an aromatic ring is 1. The molecule has 2 rings (SSSR count). The zero-order valence-corrected chi connectivity index (χ0v) is 10.4. The lowest BCUT2D eigenvalue weighted by Crippen LogP contribution is -2.10. The third-order valence-corrected chi connectivity index (χ3v) is 2.37. The minimum absolute atomic E-state index is 0.0258. The average molecular weight is 284 g/mol. The molecule has 2 aromatic rings. The first-order chi connectivity index (χ1) is 9.40. The molecule has 0 fully saturated rings. The highest BCUT2D eigenvalue weighted by Gasteiger charge is 2.34. The molecule has 0 atom stereocenters. The zero-order valence-electron chi connectivity index (χ0n) is 10.4. The normalized spacial score (nSPS) is 11.2. The second-order valence-electron chi connectivity index (χ2n) is 3.88. The van der Waals surface area contributed by atoms with Crippen LogP contribution in [-0.4, -0.2) is 9.97 Å². The number of benzene rings is 1. The number of alkyl halides is 3. The van der Waals surface area contributed by atoms with Gasteiger partial charge >= 0.3 is 6.18 Å². The van der Waals surface area contributed by atoms with Crippen LogP contribution in [0.15, 0.2) is 30.3 Å². The molecule has 1 heterocycles. The summed E-state index contributed by atoms with van der Waals surface area (Å²) in [5, 5.41) is 0. The summed E-state index contributed by atoms with van der Waals surface area (Å²) in [5.74, 6) is 5.41. The molecular weight excluding hydrogens is 273 g/mol. The largest absolute Gasteiger partial charge is 0.438 e. The smallest absolute Gasteiger partial charge is 0.419 e. The molecule has 0 saturated heterocycles. The summed E-state index contributed by atoms with van der Waals surface area (Å²) in [6, 6.07) is 6.19. The van der Waals surface area contributed by atoms with Crippen LogP contribution in [0, 0.1) is 6.92 Å². The highest BCUT2D eigenvalue weighted by molar-refractivity contribution is 5.41. The van der Waals surface area contributed by atoms with Gasteiger partial charge in [0.1, 0.15) is 17.4 Å². The van der Waals surface area contributed by atoms with E-state index in [1.165, 1.54) is 24.3 Å². The fourth-order valence-corrected chi connectivity index (χ4v) is 1.57. The number of aryl methyl sites for hydroxylation is 1. The van der Waals surface area contributed by atoms with Gasteiger partial charge in [-0.25, -0.2) is 10.8 Å². The van der Waals surface area contributed by atoms with Crippen molar-refractivity contribution in [2.24, 2.45) is 5.84 Å². The molecule has 1 aromatic heterocycles. The Morgan fingerprint density at radius 2 is 1.90 bits per heavy atom. The van der Waals surface area contributed by atoms with Crippen molar-refractivity contribution in [2.45, 2.75) is 13.1 Å². The lowest BCUT2D eigenvalue weighted by atomic mass is 10.2. The van der Waals surface area contributed by atoms with Crippen molar-refractivity contribution in [1.82, 2.24) is 9.97 Å². The number of nitrogens with one attached hydrogen (secondary N) is 1. The second-order valence-corrected chi connectivity index (χ2v) is 3.88. The van der Waals surface area contributed by atoms with Crippen LogP contribution in [0.1, 0.15) is 11.4 Å². The van der Waals surface area contributed by atoms with E-state index in [0.717, 1.165) is 6.07 Å². The second kappa shape index (κ2) is 5.33. The summed E-state index contributed by atoms with van der Waals surface area (Å²) in [5.41, 5.74) is 1.41. The molecule has 0 amide bonds. The van der Waals surface area contributed by atoms with E-state index in [1.54, 1.807) is 6.92 Å². The molecule has 0 bridgehead atoms. The van der Waals surface area contributed by atoms with Crippen LogP contribution in [0.3, 0.4) is 0 Å². The molecular formula is C12H11F3N4O. The van der Waals surface area contributed by atoms with Crippen molar-refractivity contribution in [2.75, 3.05) is 5.43 Å². The maximum Gasteiger partial charge on any atom is 0.419 e.